The van der Waals surface area contributed by atoms with Crippen molar-refractivity contribution < 1.29 is 4.79 Å². The largest absolute Gasteiger partial charge is 0.337 e. The van der Waals surface area contributed by atoms with Gasteiger partial charge in [-0.3, -0.25) is 4.79 Å². The number of piperidine rings is 2. The van der Waals surface area contributed by atoms with Crippen LogP contribution in [0.25, 0.3) is 0 Å². The lowest BCUT2D eigenvalue weighted by Crippen LogP contribution is -2.38. The molecule has 0 unspecified atom stereocenters. The van der Waals surface area contributed by atoms with Gasteiger partial charge in [0.05, 0.1) is 12.2 Å². The minimum atomic E-state index is 0. The van der Waals surface area contributed by atoms with Crippen LogP contribution in [0.15, 0.2) is 36.5 Å². The molecular weight excluding hydrogens is 350 g/mol. The third kappa shape index (κ3) is 4.07. The molecule has 1 aromatic carbocycles. The maximum absolute atomic E-state index is 12.7. The van der Waals surface area contributed by atoms with Gasteiger partial charge in [-0.1, -0.05) is 35.5 Å². The van der Waals surface area contributed by atoms with Crippen molar-refractivity contribution in [3.8, 4) is 0 Å². The van der Waals surface area contributed by atoms with Crippen LogP contribution in [0, 0.1) is 0 Å². The maximum atomic E-state index is 12.7. The predicted octanol–water partition coefficient (Wildman–Crippen LogP) is 2.64. The first-order valence-corrected chi connectivity index (χ1v) is 9.28. The summed E-state index contributed by atoms with van der Waals surface area (Å²) in [6.45, 7) is 3.58. The molecule has 26 heavy (non-hydrogen) atoms. The van der Waals surface area contributed by atoms with E-state index in [1.807, 2.05) is 21.8 Å². The molecule has 0 spiro atoms. The molecule has 4 rings (SSSR count). The molecule has 1 amide bonds. The second kappa shape index (κ2) is 8.64. The maximum Gasteiger partial charge on any atom is 0.276 e. The van der Waals surface area contributed by atoms with Crippen molar-refractivity contribution in [3.05, 3.63) is 47.8 Å². The van der Waals surface area contributed by atoms with E-state index in [-0.39, 0.29) is 18.3 Å². The smallest absolute Gasteiger partial charge is 0.276 e. The summed E-state index contributed by atoms with van der Waals surface area (Å²) in [7, 11) is 0. The number of rotatable bonds is 3. The van der Waals surface area contributed by atoms with Crippen LogP contribution in [0.5, 0.6) is 0 Å². The summed E-state index contributed by atoms with van der Waals surface area (Å²) >= 11 is 0. The van der Waals surface area contributed by atoms with Gasteiger partial charge < -0.3 is 10.2 Å². The quantitative estimate of drug-likeness (QED) is 0.895. The highest BCUT2D eigenvalue weighted by Crippen LogP contribution is 2.28. The number of hydrogen-bond acceptors (Lipinski definition) is 4. The summed E-state index contributed by atoms with van der Waals surface area (Å²) in [4.78, 5) is 14.7. The third-order valence-electron chi connectivity index (χ3n) is 5.47. The van der Waals surface area contributed by atoms with Crippen LogP contribution in [-0.2, 0) is 0 Å². The molecule has 0 radical (unpaired) electrons. The molecule has 6 nitrogen and oxygen atoms in total. The van der Waals surface area contributed by atoms with Crippen molar-refractivity contribution in [1.82, 2.24) is 25.2 Å². The summed E-state index contributed by atoms with van der Waals surface area (Å²) in [6, 6.07) is 11.0. The van der Waals surface area contributed by atoms with E-state index in [0.29, 0.717) is 17.7 Å². The van der Waals surface area contributed by atoms with Gasteiger partial charge in [0.1, 0.15) is 0 Å². The van der Waals surface area contributed by atoms with Crippen molar-refractivity contribution in [1.29, 1.82) is 0 Å². The first-order valence-electron chi connectivity index (χ1n) is 9.28. The van der Waals surface area contributed by atoms with Crippen molar-refractivity contribution in [2.24, 2.45) is 0 Å². The number of carbonyl (C=O) groups excluding carboxylic acids is 1. The van der Waals surface area contributed by atoms with Crippen LogP contribution in [0.2, 0.25) is 0 Å². The number of aromatic nitrogens is 3. The Morgan fingerprint density at radius 2 is 1.73 bits per heavy atom. The van der Waals surface area contributed by atoms with Crippen molar-refractivity contribution in [2.45, 2.75) is 37.6 Å². The summed E-state index contributed by atoms with van der Waals surface area (Å²) in [5, 5.41) is 11.7. The monoisotopic (exact) mass is 375 g/mol. The molecule has 0 atom stereocenters. The van der Waals surface area contributed by atoms with Crippen molar-refractivity contribution in [2.75, 3.05) is 26.2 Å². The Morgan fingerprint density at radius 3 is 2.42 bits per heavy atom. The molecule has 0 saturated carbocycles. The van der Waals surface area contributed by atoms with Gasteiger partial charge in [0, 0.05) is 13.1 Å². The van der Waals surface area contributed by atoms with E-state index < -0.39 is 0 Å². The van der Waals surface area contributed by atoms with E-state index in [2.05, 4.69) is 39.9 Å². The number of nitrogens with zero attached hydrogens (tertiary/aromatic N) is 4. The number of halogens is 1. The van der Waals surface area contributed by atoms with Crippen LogP contribution in [0.4, 0.5) is 0 Å². The molecule has 2 aliphatic rings. The third-order valence-corrected chi connectivity index (χ3v) is 5.47. The van der Waals surface area contributed by atoms with Gasteiger partial charge in [-0.2, -0.15) is 0 Å². The van der Waals surface area contributed by atoms with Crippen LogP contribution in [-0.4, -0.2) is 52.0 Å². The lowest BCUT2D eigenvalue weighted by atomic mass is 9.89. The van der Waals surface area contributed by atoms with Gasteiger partial charge in [0.15, 0.2) is 5.69 Å². The Morgan fingerprint density at radius 1 is 1.04 bits per heavy atom. The molecule has 0 aliphatic carbocycles. The Balaban J connectivity index is 0.00000196. The average Bonchev–Trinajstić information content (AvgIpc) is 3.19. The number of amides is 1. The van der Waals surface area contributed by atoms with E-state index in [9.17, 15) is 4.79 Å². The number of benzene rings is 1. The zero-order valence-corrected chi connectivity index (χ0v) is 15.7. The summed E-state index contributed by atoms with van der Waals surface area (Å²) in [5.41, 5.74) is 1.86. The SMILES string of the molecule is Cl.O=C(c1cn(C2CCNCC2)nn1)N1CCC(c2ccccc2)CC1. The molecular formula is C19H26ClN5O. The first-order chi connectivity index (χ1) is 12.3. The standard InChI is InChI=1S/C19H25N5O.ClH/c25-19(18-14-24(22-21-18)17-6-10-20-11-7-17)23-12-8-16(9-13-23)15-4-2-1-3-5-15;/h1-5,14,16-17,20H,6-13H2;1H. The van der Waals surface area contributed by atoms with E-state index in [4.69, 9.17) is 0 Å². The normalized spacial score (nSPS) is 19.2. The highest BCUT2D eigenvalue weighted by atomic mass is 35.5. The fraction of sp³-hybridized carbons (Fsp3) is 0.526. The lowest BCUT2D eigenvalue weighted by molar-refractivity contribution is 0.0707. The van der Waals surface area contributed by atoms with Crippen molar-refractivity contribution in [3.63, 3.8) is 0 Å². The van der Waals surface area contributed by atoms with Crippen LogP contribution >= 0.6 is 12.4 Å². The Labute approximate surface area is 160 Å². The Kier molecular flexibility index (Phi) is 6.27. The number of carbonyl (C=O) groups is 1. The zero-order chi connectivity index (χ0) is 17.1. The highest BCUT2D eigenvalue weighted by molar-refractivity contribution is 5.92. The molecule has 7 heteroatoms. The van der Waals surface area contributed by atoms with Gasteiger partial charge >= 0.3 is 0 Å². The molecule has 3 heterocycles. The fourth-order valence-corrected chi connectivity index (χ4v) is 3.93. The molecule has 140 valence electrons. The number of hydrogen-bond donors (Lipinski definition) is 1. The summed E-state index contributed by atoms with van der Waals surface area (Å²) in [5.74, 6) is 0.572. The minimum Gasteiger partial charge on any atom is -0.337 e. The summed E-state index contributed by atoms with van der Waals surface area (Å²) < 4.78 is 1.88. The Hall–Kier alpha value is -1.92. The number of nitrogens with one attached hydrogen (secondary N) is 1. The predicted molar refractivity (Wildman–Crippen MR) is 103 cm³/mol. The van der Waals surface area contributed by atoms with E-state index >= 15 is 0 Å². The molecule has 1 aromatic heterocycles. The topological polar surface area (TPSA) is 63.1 Å². The van der Waals surface area contributed by atoms with Gasteiger partial charge in [0.2, 0.25) is 0 Å². The van der Waals surface area contributed by atoms with E-state index in [1.54, 1.807) is 0 Å². The Bertz CT molecular complexity index is 706. The van der Waals surface area contributed by atoms with Crippen LogP contribution in [0.1, 0.15) is 53.7 Å². The lowest BCUT2D eigenvalue weighted by Gasteiger charge is -2.31. The second-order valence-electron chi connectivity index (χ2n) is 7.04. The van der Waals surface area contributed by atoms with Gasteiger partial charge in [0.25, 0.3) is 5.91 Å². The minimum absolute atomic E-state index is 0. The second-order valence-corrected chi connectivity index (χ2v) is 7.04. The molecule has 2 aromatic rings. The number of likely N-dealkylation sites (tertiary alicyclic amines) is 1. The average molecular weight is 376 g/mol. The molecule has 0 bridgehead atoms. The molecule has 2 saturated heterocycles. The van der Waals surface area contributed by atoms with Crippen molar-refractivity contribution >= 4 is 18.3 Å². The van der Waals surface area contributed by atoms with Gasteiger partial charge in [-0.15, -0.1) is 17.5 Å². The van der Waals surface area contributed by atoms with Gasteiger partial charge in [-0.25, -0.2) is 4.68 Å². The fourth-order valence-electron chi connectivity index (χ4n) is 3.93. The highest BCUT2D eigenvalue weighted by Gasteiger charge is 2.27. The van der Waals surface area contributed by atoms with Gasteiger partial charge in [-0.05, 0) is 50.3 Å². The van der Waals surface area contributed by atoms with E-state index in [1.165, 1.54) is 5.56 Å². The molecule has 1 N–H and O–H groups in total. The first kappa shape index (κ1) is 18.9. The van der Waals surface area contributed by atoms with Crippen LogP contribution < -0.4 is 5.32 Å². The zero-order valence-electron chi connectivity index (χ0n) is 14.9. The molecule has 2 fully saturated rings. The van der Waals surface area contributed by atoms with E-state index in [0.717, 1.165) is 51.9 Å². The summed E-state index contributed by atoms with van der Waals surface area (Å²) in [6.07, 6.45) is 5.94. The molecule has 2 aliphatic heterocycles. The van der Waals surface area contributed by atoms with Crippen LogP contribution in [0.3, 0.4) is 0 Å².